The van der Waals surface area contributed by atoms with Gasteiger partial charge in [-0.1, -0.05) is 20.4 Å². The monoisotopic (exact) mass is 529 g/mol. The van der Waals surface area contributed by atoms with Gasteiger partial charge in [0.25, 0.3) is 0 Å². The highest BCUT2D eigenvalue weighted by Crippen LogP contribution is 2.67. The first-order valence-electron chi connectivity index (χ1n) is 15.9. The van der Waals surface area contributed by atoms with Gasteiger partial charge in [-0.05, 0) is 73.7 Å². The molecule has 0 amide bonds. The van der Waals surface area contributed by atoms with E-state index in [1.807, 2.05) is 0 Å². The number of likely N-dealkylation sites (tertiary alicyclic amines) is 1. The maximum atomic E-state index is 12.5. The average molecular weight is 530 g/mol. The van der Waals surface area contributed by atoms with Crippen LogP contribution >= 0.6 is 0 Å². The lowest BCUT2D eigenvalue weighted by Gasteiger charge is -2.62. The summed E-state index contributed by atoms with van der Waals surface area (Å²) in [6.07, 6.45) is 12.7. The van der Waals surface area contributed by atoms with E-state index in [9.17, 15) is 9.90 Å². The number of ether oxygens (including phenoxy) is 2. The maximum absolute atomic E-state index is 12.5. The van der Waals surface area contributed by atoms with Gasteiger partial charge in [-0.25, -0.2) is 0 Å². The molecular formula is C32H53N2O4+. The molecule has 4 aliphatic carbocycles. The first-order valence-corrected chi connectivity index (χ1v) is 15.9. The van der Waals surface area contributed by atoms with Crippen LogP contribution in [-0.4, -0.2) is 90.7 Å². The van der Waals surface area contributed by atoms with Gasteiger partial charge in [0, 0.05) is 50.7 Å². The third kappa shape index (κ3) is 4.23. The molecule has 2 aliphatic heterocycles. The van der Waals surface area contributed by atoms with Crippen LogP contribution in [0.4, 0.5) is 0 Å². The zero-order valence-corrected chi connectivity index (χ0v) is 24.3. The molecule has 214 valence electrons. The standard InChI is InChI=1S/C32H53N2O4/c1-5-14-34(15-6-7-16-34)28-20-26-24-9-8-23-19-29(36)27(33-12-17-37-18-13-33)21-32(23,4)25(24)10-11-31(26,3)30(28)38-22(2)35/h5,23-30,36H,1,6-21H2,2-4H3/q+1/t23-,24+,25-,26+,27-,28-,29-,30-,31-,32-/m0/s1. The molecule has 6 rings (SSSR count). The fourth-order valence-electron chi connectivity index (χ4n) is 11.3. The first kappa shape index (κ1) is 27.2. The predicted molar refractivity (Wildman–Crippen MR) is 148 cm³/mol. The molecule has 0 radical (unpaired) electrons. The minimum atomic E-state index is -0.209. The number of hydrogen-bond acceptors (Lipinski definition) is 5. The SMILES string of the molecule is C=CC[N+]1([C@H]2C[C@@H]3[C@@H]4CC[C@H]5C[C@H](O)[C@@H](N6CCOCC6)C[C@]5(C)[C@H]4CC[C@]3(C)[C@H]2OC(C)=O)CCCC1. The fraction of sp³-hybridized carbons (Fsp3) is 0.906. The lowest BCUT2D eigenvalue weighted by atomic mass is 9.44. The summed E-state index contributed by atoms with van der Waals surface area (Å²) in [5, 5.41) is 11.3. The summed E-state index contributed by atoms with van der Waals surface area (Å²) in [7, 11) is 0. The molecule has 1 N–H and O–H groups in total. The number of carbonyl (C=O) groups excluding carboxylic acids is 1. The van der Waals surface area contributed by atoms with Gasteiger partial charge in [-0.15, -0.1) is 0 Å². The molecule has 2 heterocycles. The van der Waals surface area contributed by atoms with Crippen LogP contribution in [0.3, 0.4) is 0 Å². The van der Waals surface area contributed by atoms with E-state index in [0.717, 1.165) is 56.6 Å². The first-order chi connectivity index (χ1) is 18.2. The normalized spacial score (nSPS) is 48.5. The Morgan fingerprint density at radius 3 is 2.53 bits per heavy atom. The Kier molecular flexibility index (Phi) is 7.27. The van der Waals surface area contributed by atoms with E-state index < -0.39 is 0 Å². The van der Waals surface area contributed by atoms with E-state index in [1.165, 1.54) is 51.6 Å². The zero-order valence-electron chi connectivity index (χ0n) is 24.3. The second kappa shape index (κ2) is 10.2. The van der Waals surface area contributed by atoms with Crippen molar-refractivity contribution in [2.45, 2.75) is 103 Å². The molecule has 4 saturated carbocycles. The fourth-order valence-corrected chi connectivity index (χ4v) is 11.3. The predicted octanol–water partition coefficient (Wildman–Crippen LogP) is 4.41. The Morgan fingerprint density at radius 1 is 1.11 bits per heavy atom. The number of hydrogen-bond donors (Lipinski definition) is 1. The van der Waals surface area contributed by atoms with E-state index in [-0.39, 0.29) is 35.0 Å². The summed E-state index contributed by atoms with van der Waals surface area (Å²) in [4.78, 5) is 15.0. The van der Waals surface area contributed by atoms with Gasteiger partial charge in [0.1, 0.15) is 6.04 Å². The largest absolute Gasteiger partial charge is 0.456 e. The molecular weight excluding hydrogens is 476 g/mol. The number of rotatable bonds is 5. The van der Waals surface area contributed by atoms with Crippen molar-refractivity contribution >= 4 is 5.97 Å². The summed E-state index contributed by atoms with van der Waals surface area (Å²) < 4.78 is 13.1. The Bertz CT molecular complexity index is 898. The van der Waals surface area contributed by atoms with E-state index in [4.69, 9.17) is 9.47 Å². The highest BCUT2D eigenvalue weighted by Gasteiger charge is 2.67. The van der Waals surface area contributed by atoms with Crippen LogP contribution in [0.2, 0.25) is 0 Å². The van der Waals surface area contributed by atoms with Crippen molar-refractivity contribution in [2.24, 2.45) is 34.5 Å². The molecule has 0 bridgehead atoms. The number of nitrogens with zero attached hydrogens (tertiary/aromatic N) is 2. The Labute approximate surface area is 230 Å². The Morgan fingerprint density at radius 2 is 1.84 bits per heavy atom. The van der Waals surface area contributed by atoms with E-state index in [0.29, 0.717) is 29.7 Å². The van der Waals surface area contributed by atoms with Gasteiger partial charge in [0.15, 0.2) is 6.10 Å². The maximum Gasteiger partial charge on any atom is 0.303 e. The van der Waals surface area contributed by atoms with Crippen molar-refractivity contribution in [3.8, 4) is 0 Å². The van der Waals surface area contributed by atoms with E-state index >= 15 is 0 Å². The molecule has 6 nitrogen and oxygen atoms in total. The second-order valence-electron chi connectivity index (χ2n) is 14.6. The molecule has 0 spiro atoms. The average Bonchev–Trinajstić information content (AvgIpc) is 3.48. The van der Waals surface area contributed by atoms with Crippen molar-refractivity contribution in [3.63, 3.8) is 0 Å². The number of aliphatic hydroxyl groups is 1. The molecule has 0 aromatic carbocycles. The molecule has 6 aliphatic rings. The topological polar surface area (TPSA) is 59.0 Å². The summed E-state index contributed by atoms with van der Waals surface area (Å²) in [6, 6.07) is 0.663. The quantitative estimate of drug-likeness (QED) is 0.325. The number of quaternary nitrogens is 1. The molecule has 0 aromatic heterocycles. The summed E-state index contributed by atoms with van der Waals surface area (Å²) in [6.45, 7) is 17.7. The number of morpholine rings is 1. The van der Waals surface area contributed by atoms with Crippen LogP contribution < -0.4 is 0 Å². The summed E-state index contributed by atoms with van der Waals surface area (Å²) in [5.74, 6) is 2.54. The molecule has 6 heteroatoms. The van der Waals surface area contributed by atoms with Crippen molar-refractivity contribution in [1.82, 2.24) is 4.90 Å². The third-order valence-corrected chi connectivity index (χ3v) is 13.1. The minimum Gasteiger partial charge on any atom is -0.456 e. The van der Waals surface area contributed by atoms with Crippen LogP contribution in [-0.2, 0) is 14.3 Å². The molecule has 38 heavy (non-hydrogen) atoms. The van der Waals surface area contributed by atoms with Gasteiger partial charge >= 0.3 is 5.97 Å². The molecule has 0 aromatic rings. The highest BCUT2D eigenvalue weighted by atomic mass is 16.5. The van der Waals surface area contributed by atoms with Crippen LogP contribution in [0, 0.1) is 34.5 Å². The zero-order chi connectivity index (χ0) is 26.7. The number of fused-ring (bicyclic) bond motifs is 5. The second-order valence-corrected chi connectivity index (χ2v) is 14.6. The van der Waals surface area contributed by atoms with Gasteiger partial charge in [-0.3, -0.25) is 9.69 Å². The Hall–Kier alpha value is -0.950. The van der Waals surface area contributed by atoms with Crippen LogP contribution in [0.15, 0.2) is 12.7 Å². The summed E-state index contributed by atoms with van der Waals surface area (Å²) >= 11 is 0. The van der Waals surface area contributed by atoms with Gasteiger partial charge in [-0.2, -0.15) is 0 Å². The van der Waals surface area contributed by atoms with Crippen molar-refractivity contribution in [2.75, 3.05) is 45.9 Å². The number of esters is 1. The lowest BCUT2D eigenvalue weighted by Crippen LogP contribution is -2.61. The molecule has 6 fully saturated rings. The smallest absolute Gasteiger partial charge is 0.303 e. The third-order valence-electron chi connectivity index (χ3n) is 13.1. The van der Waals surface area contributed by atoms with Crippen molar-refractivity contribution < 1.29 is 23.9 Å². The van der Waals surface area contributed by atoms with Crippen molar-refractivity contribution in [3.05, 3.63) is 12.7 Å². The van der Waals surface area contributed by atoms with Gasteiger partial charge < -0.3 is 19.1 Å². The van der Waals surface area contributed by atoms with Crippen LogP contribution in [0.25, 0.3) is 0 Å². The number of carbonyl (C=O) groups is 1. The van der Waals surface area contributed by atoms with Crippen LogP contribution in [0.5, 0.6) is 0 Å². The summed E-state index contributed by atoms with van der Waals surface area (Å²) in [5.41, 5.74) is 0.343. The molecule has 0 unspecified atom stereocenters. The van der Waals surface area contributed by atoms with Crippen molar-refractivity contribution in [1.29, 1.82) is 0 Å². The van der Waals surface area contributed by atoms with Gasteiger partial charge in [0.05, 0.1) is 39.0 Å². The number of aliphatic hydroxyl groups excluding tert-OH is 1. The molecule has 2 saturated heterocycles. The van der Waals surface area contributed by atoms with Gasteiger partial charge in [0.2, 0.25) is 0 Å². The highest BCUT2D eigenvalue weighted by molar-refractivity contribution is 5.66. The van der Waals surface area contributed by atoms with Crippen LogP contribution in [0.1, 0.15) is 78.6 Å². The van der Waals surface area contributed by atoms with E-state index in [1.54, 1.807) is 6.92 Å². The Balaban J connectivity index is 1.30. The lowest BCUT2D eigenvalue weighted by molar-refractivity contribution is -0.937. The molecule has 10 atom stereocenters. The van der Waals surface area contributed by atoms with E-state index in [2.05, 4.69) is 31.4 Å². The minimum absolute atomic E-state index is 0.0174.